The van der Waals surface area contributed by atoms with Crippen LogP contribution in [-0.4, -0.2) is 10.2 Å². The first-order chi connectivity index (χ1) is 10.2. The molecule has 0 radical (unpaired) electrons. The molecule has 0 amide bonds. The van der Waals surface area contributed by atoms with Crippen LogP contribution in [-0.2, 0) is 0 Å². The van der Waals surface area contributed by atoms with E-state index in [-0.39, 0.29) is 17.4 Å². The van der Waals surface area contributed by atoms with Gasteiger partial charge >= 0.3 is 0 Å². The lowest BCUT2D eigenvalue weighted by molar-refractivity contribution is 0.370. The highest BCUT2D eigenvalue weighted by Crippen LogP contribution is 2.46. The van der Waals surface area contributed by atoms with E-state index in [1.54, 1.807) is 12.1 Å². The SMILES string of the molecule is Oc1cc(-c2cc3ccccc3o2)cc(O)c1C1CCC1. The Bertz CT molecular complexity index is 756. The van der Waals surface area contributed by atoms with Crippen molar-refractivity contribution in [3.63, 3.8) is 0 Å². The minimum Gasteiger partial charge on any atom is -0.507 e. The van der Waals surface area contributed by atoms with Crippen LogP contribution in [0.4, 0.5) is 0 Å². The van der Waals surface area contributed by atoms with E-state index in [9.17, 15) is 10.2 Å². The molecule has 1 saturated carbocycles. The number of hydrogen-bond donors (Lipinski definition) is 2. The molecule has 3 heteroatoms. The van der Waals surface area contributed by atoms with Crippen molar-refractivity contribution in [3.05, 3.63) is 48.0 Å². The van der Waals surface area contributed by atoms with Gasteiger partial charge in [-0.05, 0) is 43.0 Å². The second-order valence-corrected chi connectivity index (χ2v) is 5.70. The molecule has 0 spiro atoms. The molecule has 1 heterocycles. The first kappa shape index (κ1) is 12.3. The molecule has 0 bridgehead atoms. The summed E-state index contributed by atoms with van der Waals surface area (Å²) in [5.41, 5.74) is 2.18. The molecule has 2 N–H and O–H groups in total. The number of phenolic OH excluding ortho intramolecular Hbond substituents is 2. The van der Waals surface area contributed by atoms with Gasteiger partial charge in [0.1, 0.15) is 22.8 Å². The Morgan fingerprint density at radius 1 is 0.952 bits per heavy atom. The highest BCUT2D eigenvalue weighted by molar-refractivity contribution is 5.83. The molecule has 0 atom stereocenters. The lowest BCUT2D eigenvalue weighted by atomic mass is 9.79. The smallest absolute Gasteiger partial charge is 0.135 e. The molecular formula is C18H16O3. The van der Waals surface area contributed by atoms with Crippen molar-refractivity contribution in [1.82, 2.24) is 0 Å². The van der Waals surface area contributed by atoms with Gasteiger partial charge in [-0.25, -0.2) is 0 Å². The Morgan fingerprint density at radius 3 is 2.29 bits per heavy atom. The zero-order valence-electron chi connectivity index (χ0n) is 11.5. The van der Waals surface area contributed by atoms with Gasteiger partial charge in [0.05, 0.1) is 0 Å². The standard InChI is InChI=1S/C18H16O3/c19-14-8-13(9-15(20)18(14)11-5-3-6-11)17-10-12-4-1-2-7-16(12)21-17/h1-2,4,7-11,19-20H,3,5-6H2. The summed E-state index contributed by atoms with van der Waals surface area (Å²) in [4.78, 5) is 0. The third-order valence-electron chi connectivity index (χ3n) is 4.36. The Hall–Kier alpha value is -2.42. The van der Waals surface area contributed by atoms with E-state index >= 15 is 0 Å². The molecule has 21 heavy (non-hydrogen) atoms. The molecule has 106 valence electrons. The minimum atomic E-state index is 0.162. The third kappa shape index (κ3) is 1.97. The number of rotatable bonds is 2. The molecule has 1 aliphatic carbocycles. The summed E-state index contributed by atoms with van der Waals surface area (Å²) in [5, 5.41) is 21.5. The molecule has 3 nitrogen and oxygen atoms in total. The van der Waals surface area contributed by atoms with Gasteiger partial charge in [0.2, 0.25) is 0 Å². The van der Waals surface area contributed by atoms with Crippen LogP contribution in [0.3, 0.4) is 0 Å². The summed E-state index contributed by atoms with van der Waals surface area (Å²) in [6.07, 6.45) is 3.23. The fraction of sp³-hybridized carbons (Fsp3) is 0.222. The van der Waals surface area contributed by atoms with Gasteiger partial charge in [0.25, 0.3) is 0 Å². The molecule has 0 aliphatic heterocycles. The van der Waals surface area contributed by atoms with Gasteiger partial charge in [-0.2, -0.15) is 0 Å². The van der Waals surface area contributed by atoms with Crippen LogP contribution in [0, 0.1) is 0 Å². The fourth-order valence-corrected chi connectivity index (χ4v) is 3.00. The van der Waals surface area contributed by atoms with Gasteiger partial charge in [0, 0.05) is 16.5 Å². The quantitative estimate of drug-likeness (QED) is 0.710. The Kier molecular flexibility index (Phi) is 2.67. The van der Waals surface area contributed by atoms with Crippen molar-refractivity contribution >= 4 is 11.0 Å². The minimum absolute atomic E-state index is 0.162. The molecule has 1 aliphatic rings. The summed E-state index contributed by atoms with van der Waals surface area (Å²) < 4.78 is 5.78. The van der Waals surface area contributed by atoms with Crippen molar-refractivity contribution < 1.29 is 14.6 Å². The van der Waals surface area contributed by atoms with Crippen molar-refractivity contribution in [2.45, 2.75) is 25.2 Å². The van der Waals surface area contributed by atoms with Crippen molar-refractivity contribution in [2.75, 3.05) is 0 Å². The number of phenols is 2. The van der Waals surface area contributed by atoms with E-state index in [0.29, 0.717) is 16.9 Å². The Labute approximate surface area is 122 Å². The van der Waals surface area contributed by atoms with Crippen LogP contribution in [0.1, 0.15) is 30.7 Å². The monoisotopic (exact) mass is 280 g/mol. The number of hydrogen-bond acceptors (Lipinski definition) is 3. The maximum absolute atomic E-state index is 10.2. The normalized spacial score (nSPS) is 15.2. The lowest BCUT2D eigenvalue weighted by Gasteiger charge is -2.27. The van der Waals surface area contributed by atoms with E-state index in [2.05, 4.69) is 0 Å². The van der Waals surface area contributed by atoms with Gasteiger partial charge in [-0.15, -0.1) is 0 Å². The molecule has 3 aromatic rings. The highest BCUT2D eigenvalue weighted by atomic mass is 16.3. The van der Waals surface area contributed by atoms with Gasteiger partial charge in [-0.1, -0.05) is 24.6 Å². The van der Waals surface area contributed by atoms with Crippen molar-refractivity contribution in [2.24, 2.45) is 0 Å². The zero-order chi connectivity index (χ0) is 14.4. The molecule has 1 fully saturated rings. The number of fused-ring (bicyclic) bond motifs is 1. The Morgan fingerprint density at radius 2 is 1.67 bits per heavy atom. The number of aromatic hydroxyl groups is 2. The van der Waals surface area contributed by atoms with E-state index in [4.69, 9.17) is 4.42 Å². The zero-order valence-corrected chi connectivity index (χ0v) is 11.5. The van der Waals surface area contributed by atoms with Crippen LogP contribution < -0.4 is 0 Å². The predicted molar refractivity (Wildman–Crippen MR) is 81.6 cm³/mol. The van der Waals surface area contributed by atoms with E-state index in [0.717, 1.165) is 30.2 Å². The Balaban J connectivity index is 1.81. The molecule has 1 aromatic heterocycles. The third-order valence-corrected chi connectivity index (χ3v) is 4.36. The number of furan rings is 1. The molecule has 4 rings (SSSR count). The highest BCUT2D eigenvalue weighted by Gasteiger charge is 2.26. The van der Waals surface area contributed by atoms with Crippen LogP contribution >= 0.6 is 0 Å². The van der Waals surface area contributed by atoms with Crippen LogP contribution in [0.5, 0.6) is 11.5 Å². The van der Waals surface area contributed by atoms with Gasteiger partial charge in [0.15, 0.2) is 0 Å². The number of para-hydroxylation sites is 1. The second-order valence-electron chi connectivity index (χ2n) is 5.70. The fourth-order valence-electron chi connectivity index (χ4n) is 3.00. The van der Waals surface area contributed by atoms with E-state index in [1.165, 1.54) is 0 Å². The summed E-state index contributed by atoms with van der Waals surface area (Å²) in [6.45, 7) is 0. The first-order valence-corrected chi connectivity index (χ1v) is 7.27. The first-order valence-electron chi connectivity index (χ1n) is 7.27. The lowest BCUT2D eigenvalue weighted by Crippen LogP contribution is -2.09. The molecule has 0 unspecified atom stereocenters. The van der Waals surface area contributed by atoms with Crippen LogP contribution in [0.2, 0.25) is 0 Å². The van der Waals surface area contributed by atoms with E-state index in [1.807, 2.05) is 30.3 Å². The predicted octanol–water partition coefficient (Wildman–Crippen LogP) is 4.78. The number of benzene rings is 2. The maximum atomic E-state index is 10.2. The topological polar surface area (TPSA) is 53.6 Å². The molecule has 0 saturated heterocycles. The maximum Gasteiger partial charge on any atom is 0.135 e. The summed E-state index contributed by atoms with van der Waals surface area (Å²) in [7, 11) is 0. The van der Waals surface area contributed by atoms with Crippen molar-refractivity contribution in [1.29, 1.82) is 0 Å². The summed E-state index contributed by atoms with van der Waals surface area (Å²) >= 11 is 0. The molecular weight excluding hydrogens is 264 g/mol. The average Bonchev–Trinajstić information content (AvgIpc) is 2.84. The second kappa shape index (κ2) is 4.55. The van der Waals surface area contributed by atoms with Crippen molar-refractivity contribution in [3.8, 4) is 22.8 Å². The molecule has 2 aromatic carbocycles. The summed E-state index contributed by atoms with van der Waals surface area (Å²) in [6, 6.07) is 13.1. The van der Waals surface area contributed by atoms with E-state index < -0.39 is 0 Å². The average molecular weight is 280 g/mol. The van der Waals surface area contributed by atoms with Gasteiger partial charge < -0.3 is 14.6 Å². The summed E-state index contributed by atoms with van der Waals surface area (Å²) in [5.74, 6) is 1.27. The van der Waals surface area contributed by atoms with Crippen LogP contribution in [0.15, 0.2) is 46.9 Å². The van der Waals surface area contributed by atoms with Gasteiger partial charge in [-0.3, -0.25) is 0 Å². The van der Waals surface area contributed by atoms with Crippen LogP contribution in [0.25, 0.3) is 22.3 Å². The largest absolute Gasteiger partial charge is 0.507 e.